The maximum absolute atomic E-state index is 11.8. The molecule has 1 atom stereocenters. The number of nitrogens with zero attached hydrogens (tertiary/aromatic N) is 1. The summed E-state index contributed by atoms with van der Waals surface area (Å²) in [6.07, 6.45) is 0.506. The largest absolute Gasteiger partial charge is 0.391 e. The summed E-state index contributed by atoms with van der Waals surface area (Å²) in [4.78, 5) is 16.3. The second-order valence-electron chi connectivity index (χ2n) is 6.66. The van der Waals surface area contributed by atoms with Crippen molar-refractivity contribution >= 4 is 17.2 Å². The summed E-state index contributed by atoms with van der Waals surface area (Å²) >= 11 is 1.59. The van der Waals surface area contributed by atoms with Crippen molar-refractivity contribution in [3.63, 3.8) is 0 Å². The second kappa shape index (κ2) is 7.18. The molecule has 5 heteroatoms. The summed E-state index contributed by atoms with van der Waals surface area (Å²) in [6, 6.07) is 0. The fourth-order valence-corrected chi connectivity index (χ4v) is 2.73. The Hall–Kier alpha value is -0.940. The van der Waals surface area contributed by atoms with Crippen LogP contribution in [0.1, 0.15) is 51.7 Å². The van der Waals surface area contributed by atoms with Crippen molar-refractivity contribution in [3.8, 4) is 0 Å². The lowest BCUT2D eigenvalue weighted by molar-refractivity contribution is -0.121. The Morgan fingerprint density at radius 1 is 1.45 bits per heavy atom. The standard InChI is InChI=1S/C15H26N2O2S/c1-10(2)6-12(18)8-16-13(19)7-11-9-20-14(17-11)15(3,4)5/h9-10,12,18H,6-8H2,1-5H3,(H,16,19). The Balaban J connectivity index is 2.41. The first-order chi connectivity index (χ1) is 9.18. The molecule has 0 aliphatic heterocycles. The van der Waals surface area contributed by atoms with Gasteiger partial charge < -0.3 is 10.4 Å². The van der Waals surface area contributed by atoms with E-state index in [1.165, 1.54) is 0 Å². The SMILES string of the molecule is CC(C)CC(O)CNC(=O)Cc1csc(C(C)(C)C)n1. The molecule has 1 aromatic rings. The predicted octanol–water partition coefficient (Wildman–Crippen LogP) is 2.51. The Kier molecular flexibility index (Phi) is 6.14. The van der Waals surface area contributed by atoms with Crippen molar-refractivity contribution in [2.24, 2.45) is 5.92 Å². The zero-order valence-electron chi connectivity index (χ0n) is 13.1. The van der Waals surface area contributed by atoms with Crippen LogP contribution in [-0.4, -0.2) is 28.6 Å². The Morgan fingerprint density at radius 3 is 2.60 bits per heavy atom. The van der Waals surface area contributed by atoms with Gasteiger partial charge in [-0.3, -0.25) is 4.79 Å². The number of thiazole rings is 1. The summed E-state index contributed by atoms with van der Waals surface area (Å²) in [5.41, 5.74) is 0.822. The van der Waals surface area contributed by atoms with Crippen LogP contribution in [0.25, 0.3) is 0 Å². The molecule has 114 valence electrons. The zero-order valence-corrected chi connectivity index (χ0v) is 13.9. The van der Waals surface area contributed by atoms with E-state index >= 15 is 0 Å². The van der Waals surface area contributed by atoms with Gasteiger partial charge in [-0.1, -0.05) is 34.6 Å². The van der Waals surface area contributed by atoms with Gasteiger partial charge in [0.15, 0.2) is 0 Å². The van der Waals surface area contributed by atoms with Crippen LogP contribution in [0.3, 0.4) is 0 Å². The normalized spacial score (nSPS) is 13.6. The van der Waals surface area contributed by atoms with Gasteiger partial charge in [-0.05, 0) is 12.3 Å². The van der Waals surface area contributed by atoms with Crippen molar-refractivity contribution < 1.29 is 9.90 Å². The van der Waals surface area contributed by atoms with E-state index in [-0.39, 0.29) is 17.7 Å². The van der Waals surface area contributed by atoms with Gasteiger partial charge in [0.2, 0.25) is 5.91 Å². The fourth-order valence-electron chi connectivity index (χ4n) is 1.82. The van der Waals surface area contributed by atoms with Crippen molar-refractivity contribution in [2.45, 2.75) is 59.0 Å². The highest BCUT2D eigenvalue weighted by Gasteiger charge is 2.19. The van der Waals surface area contributed by atoms with Crippen LogP contribution in [0, 0.1) is 5.92 Å². The van der Waals surface area contributed by atoms with E-state index < -0.39 is 6.10 Å². The number of aromatic nitrogens is 1. The molecule has 0 saturated carbocycles. The maximum Gasteiger partial charge on any atom is 0.226 e. The molecule has 1 heterocycles. The summed E-state index contributed by atoms with van der Waals surface area (Å²) in [5.74, 6) is 0.341. The molecule has 20 heavy (non-hydrogen) atoms. The number of aliphatic hydroxyl groups excluding tert-OH is 1. The number of aliphatic hydroxyl groups is 1. The lowest BCUT2D eigenvalue weighted by Crippen LogP contribution is -2.33. The zero-order chi connectivity index (χ0) is 15.3. The molecule has 0 aromatic carbocycles. The third kappa shape index (κ3) is 6.01. The molecule has 0 bridgehead atoms. The molecule has 4 nitrogen and oxygen atoms in total. The van der Waals surface area contributed by atoms with Crippen molar-refractivity contribution in [3.05, 3.63) is 16.1 Å². The van der Waals surface area contributed by atoms with Crippen LogP contribution in [-0.2, 0) is 16.6 Å². The Labute approximate surface area is 125 Å². The average molecular weight is 298 g/mol. The van der Waals surface area contributed by atoms with Crippen LogP contribution < -0.4 is 5.32 Å². The summed E-state index contributed by atoms with van der Waals surface area (Å²) in [5, 5.41) is 15.5. The Bertz CT molecular complexity index is 435. The van der Waals surface area contributed by atoms with E-state index in [1.54, 1.807) is 11.3 Å². The van der Waals surface area contributed by atoms with Gasteiger partial charge in [0.05, 0.1) is 23.2 Å². The van der Waals surface area contributed by atoms with Crippen molar-refractivity contribution in [1.82, 2.24) is 10.3 Å². The average Bonchev–Trinajstić information content (AvgIpc) is 2.73. The molecule has 0 radical (unpaired) electrons. The number of amides is 1. The van der Waals surface area contributed by atoms with Crippen LogP contribution in [0.15, 0.2) is 5.38 Å². The van der Waals surface area contributed by atoms with Gasteiger partial charge in [0, 0.05) is 17.3 Å². The van der Waals surface area contributed by atoms with Crippen LogP contribution in [0.5, 0.6) is 0 Å². The molecule has 2 N–H and O–H groups in total. The number of rotatable bonds is 6. The molecule has 0 aliphatic rings. The van der Waals surface area contributed by atoms with E-state index in [0.717, 1.165) is 10.7 Å². The molecule has 1 rings (SSSR count). The molecule has 0 saturated heterocycles. The minimum atomic E-state index is -0.473. The molecule has 1 aromatic heterocycles. The Morgan fingerprint density at radius 2 is 2.10 bits per heavy atom. The first-order valence-corrected chi connectivity index (χ1v) is 7.96. The van der Waals surface area contributed by atoms with Crippen molar-refractivity contribution in [2.75, 3.05) is 6.54 Å². The molecule has 0 spiro atoms. The molecule has 1 unspecified atom stereocenters. The van der Waals surface area contributed by atoms with E-state index in [2.05, 4.69) is 31.1 Å². The molecular weight excluding hydrogens is 272 g/mol. The quantitative estimate of drug-likeness (QED) is 0.848. The highest BCUT2D eigenvalue weighted by molar-refractivity contribution is 7.09. The van der Waals surface area contributed by atoms with Gasteiger partial charge in [0.25, 0.3) is 0 Å². The first kappa shape index (κ1) is 17.1. The summed E-state index contributed by atoms with van der Waals surface area (Å²) < 4.78 is 0. The van der Waals surface area contributed by atoms with Gasteiger partial charge >= 0.3 is 0 Å². The van der Waals surface area contributed by atoms with Gasteiger partial charge in [-0.25, -0.2) is 4.98 Å². The molecular formula is C15H26N2O2S. The molecule has 0 fully saturated rings. The van der Waals surface area contributed by atoms with E-state index in [4.69, 9.17) is 0 Å². The maximum atomic E-state index is 11.8. The highest BCUT2D eigenvalue weighted by atomic mass is 32.1. The van der Waals surface area contributed by atoms with Crippen LogP contribution in [0.2, 0.25) is 0 Å². The predicted molar refractivity (Wildman–Crippen MR) is 83.0 cm³/mol. The van der Waals surface area contributed by atoms with Crippen LogP contribution in [0.4, 0.5) is 0 Å². The molecule has 1 amide bonds. The van der Waals surface area contributed by atoms with Gasteiger partial charge in [0.1, 0.15) is 0 Å². The van der Waals surface area contributed by atoms with Crippen molar-refractivity contribution in [1.29, 1.82) is 0 Å². The van der Waals surface area contributed by atoms with Gasteiger partial charge in [-0.2, -0.15) is 0 Å². The third-order valence-electron chi connectivity index (χ3n) is 2.81. The van der Waals surface area contributed by atoms with Crippen LogP contribution >= 0.6 is 11.3 Å². The van der Waals surface area contributed by atoms with E-state index in [9.17, 15) is 9.90 Å². The fraction of sp³-hybridized carbons (Fsp3) is 0.733. The number of carbonyl (C=O) groups excluding carboxylic acids is 1. The highest BCUT2D eigenvalue weighted by Crippen LogP contribution is 2.25. The first-order valence-electron chi connectivity index (χ1n) is 7.08. The minimum absolute atomic E-state index is 0.0207. The number of nitrogens with one attached hydrogen (secondary N) is 1. The number of carbonyl (C=O) groups is 1. The number of hydrogen-bond acceptors (Lipinski definition) is 4. The second-order valence-corrected chi connectivity index (χ2v) is 7.52. The molecule has 0 aliphatic carbocycles. The van der Waals surface area contributed by atoms with Gasteiger partial charge in [-0.15, -0.1) is 11.3 Å². The van der Waals surface area contributed by atoms with E-state index in [0.29, 0.717) is 18.9 Å². The third-order valence-corrected chi connectivity index (χ3v) is 4.13. The smallest absolute Gasteiger partial charge is 0.226 e. The number of hydrogen-bond donors (Lipinski definition) is 2. The lowest BCUT2D eigenvalue weighted by atomic mass is 9.98. The monoisotopic (exact) mass is 298 g/mol. The summed E-state index contributed by atoms with van der Waals surface area (Å²) in [6.45, 7) is 10.7. The lowest BCUT2D eigenvalue weighted by Gasteiger charge is -2.14. The summed E-state index contributed by atoms with van der Waals surface area (Å²) in [7, 11) is 0. The van der Waals surface area contributed by atoms with E-state index in [1.807, 2.05) is 19.2 Å². The topological polar surface area (TPSA) is 62.2 Å². The minimum Gasteiger partial charge on any atom is -0.391 e.